The second kappa shape index (κ2) is 5.84. The van der Waals surface area contributed by atoms with Crippen LogP contribution in [0.25, 0.3) is 0 Å². The summed E-state index contributed by atoms with van der Waals surface area (Å²) in [6.07, 6.45) is 3.09. The first-order valence-corrected chi connectivity index (χ1v) is 6.31. The maximum atomic E-state index is 13.1. The monoisotopic (exact) mass is 280 g/mol. The van der Waals surface area contributed by atoms with Crippen LogP contribution in [0.1, 0.15) is 18.9 Å². The summed E-state index contributed by atoms with van der Waals surface area (Å²) in [6.45, 7) is 2.05. The van der Waals surface area contributed by atoms with Crippen LogP contribution < -0.4 is 11.1 Å². The zero-order valence-corrected chi connectivity index (χ0v) is 11.2. The van der Waals surface area contributed by atoms with Gasteiger partial charge in [0.15, 0.2) is 0 Å². The number of rotatable bonds is 4. The van der Waals surface area contributed by atoms with Gasteiger partial charge < -0.3 is 11.1 Å². The molecule has 0 spiro atoms. The van der Waals surface area contributed by atoms with Crippen LogP contribution in [0.2, 0.25) is 5.02 Å². The standard InChI is InChI=1S/C13H14ClFN4/c1-2-3-9-12(16)17-7-18-13(9)19-8-4-5-11(15)10(14)6-8/h4-7H,2-3H2,1H3,(H3,16,17,18,19). The number of hydrogen-bond donors (Lipinski definition) is 2. The highest BCUT2D eigenvalue weighted by atomic mass is 35.5. The lowest BCUT2D eigenvalue weighted by molar-refractivity contribution is 0.628. The van der Waals surface area contributed by atoms with Gasteiger partial charge in [-0.05, 0) is 24.6 Å². The molecule has 0 aliphatic heterocycles. The Balaban J connectivity index is 2.32. The summed E-state index contributed by atoms with van der Waals surface area (Å²) in [4.78, 5) is 8.14. The normalized spacial score (nSPS) is 10.5. The van der Waals surface area contributed by atoms with Crippen molar-refractivity contribution >= 4 is 28.9 Å². The Morgan fingerprint density at radius 1 is 1.37 bits per heavy atom. The van der Waals surface area contributed by atoms with Crippen molar-refractivity contribution in [1.82, 2.24) is 9.97 Å². The molecular formula is C13H14ClFN4. The van der Waals surface area contributed by atoms with Crippen molar-refractivity contribution in [2.24, 2.45) is 0 Å². The van der Waals surface area contributed by atoms with E-state index in [2.05, 4.69) is 15.3 Å². The van der Waals surface area contributed by atoms with Gasteiger partial charge in [0.2, 0.25) is 0 Å². The van der Waals surface area contributed by atoms with E-state index >= 15 is 0 Å². The summed E-state index contributed by atoms with van der Waals surface area (Å²) in [7, 11) is 0. The van der Waals surface area contributed by atoms with Crippen molar-refractivity contribution in [3.8, 4) is 0 Å². The van der Waals surface area contributed by atoms with Crippen LogP contribution in [-0.4, -0.2) is 9.97 Å². The van der Waals surface area contributed by atoms with Gasteiger partial charge in [0.25, 0.3) is 0 Å². The minimum Gasteiger partial charge on any atom is -0.383 e. The number of halogens is 2. The lowest BCUT2D eigenvalue weighted by Crippen LogP contribution is -2.05. The van der Waals surface area contributed by atoms with E-state index in [4.69, 9.17) is 17.3 Å². The highest BCUT2D eigenvalue weighted by Crippen LogP contribution is 2.25. The summed E-state index contributed by atoms with van der Waals surface area (Å²) in [5.41, 5.74) is 7.34. The van der Waals surface area contributed by atoms with Crippen LogP contribution in [0.3, 0.4) is 0 Å². The first-order valence-electron chi connectivity index (χ1n) is 5.93. The van der Waals surface area contributed by atoms with Gasteiger partial charge >= 0.3 is 0 Å². The van der Waals surface area contributed by atoms with Gasteiger partial charge in [0.1, 0.15) is 23.8 Å². The Labute approximate surface area is 115 Å². The second-order valence-electron chi connectivity index (χ2n) is 4.09. The molecule has 2 rings (SSSR count). The summed E-state index contributed by atoms with van der Waals surface area (Å²) in [6, 6.07) is 4.40. The molecular weight excluding hydrogens is 267 g/mol. The number of nitrogens with zero attached hydrogens (tertiary/aromatic N) is 2. The third-order valence-corrected chi connectivity index (χ3v) is 2.95. The topological polar surface area (TPSA) is 63.8 Å². The molecule has 2 aromatic rings. The Morgan fingerprint density at radius 2 is 2.16 bits per heavy atom. The predicted octanol–water partition coefficient (Wildman–Crippen LogP) is 3.55. The molecule has 1 aromatic carbocycles. The Bertz CT molecular complexity index is 589. The van der Waals surface area contributed by atoms with Crippen molar-refractivity contribution in [1.29, 1.82) is 0 Å². The smallest absolute Gasteiger partial charge is 0.141 e. The average molecular weight is 281 g/mol. The molecule has 0 saturated heterocycles. The van der Waals surface area contributed by atoms with Gasteiger partial charge in [-0.2, -0.15) is 0 Å². The van der Waals surface area contributed by atoms with Crippen molar-refractivity contribution in [2.75, 3.05) is 11.1 Å². The van der Waals surface area contributed by atoms with Crippen molar-refractivity contribution in [3.05, 3.63) is 40.9 Å². The first kappa shape index (κ1) is 13.5. The number of nitrogens with one attached hydrogen (secondary N) is 1. The molecule has 0 unspecified atom stereocenters. The number of benzene rings is 1. The third kappa shape index (κ3) is 3.12. The van der Waals surface area contributed by atoms with Crippen LogP contribution in [-0.2, 0) is 6.42 Å². The Hall–Kier alpha value is -1.88. The molecule has 0 radical (unpaired) electrons. The molecule has 1 heterocycles. The van der Waals surface area contributed by atoms with Crippen LogP contribution in [0, 0.1) is 5.82 Å². The minimum absolute atomic E-state index is 0.0593. The fourth-order valence-corrected chi connectivity index (χ4v) is 1.92. The zero-order chi connectivity index (χ0) is 13.8. The lowest BCUT2D eigenvalue weighted by atomic mass is 10.1. The molecule has 0 atom stereocenters. The summed E-state index contributed by atoms with van der Waals surface area (Å²) in [5.74, 6) is 0.618. The van der Waals surface area contributed by atoms with Gasteiger partial charge in [-0.1, -0.05) is 24.9 Å². The van der Waals surface area contributed by atoms with E-state index in [1.165, 1.54) is 18.5 Å². The van der Waals surface area contributed by atoms with E-state index in [1.54, 1.807) is 6.07 Å². The molecule has 0 fully saturated rings. The molecule has 1 aromatic heterocycles. The van der Waals surface area contributed by atoms with Gasteiger partial charge in [0, 0.05) is 11.3 Å². The quantitative estimate of drug-likeness (QED) is 0.899. The summed E-state index contributed by atoms with van der Waals surface area (Å²) in [5, 5.41) is 3.14. The fraction of sp³-hybridized carbons (Fsp3) is 0.231. The molecule has 6 heteroatoms. The van der Waals surface area contributed by atoms with Gasteiger partial charge in [-0.15, -0.1) is 0 Å². The van der Waals surface area contributed by atoms with Crippen LogP contribution in [0.15, 0.2) is 24.5 Å². The van der Waals surface area contributed by atoms with Crippen LogP contribution in [0.4, 0.5) is 21.7 Å². The van der Waals surface area contributed by atoms with Crippen molar-refractivity contribution in [2.45, 2.75) is 19.8 Å². The summed E-state index contributed by atoms with van der Waals surface area (Å²) >= 11 is 5.74. The van der Waals surface area contributed by atoms with Gasteiger partial charge in [0.05, 0.1) is 5.02 Å². The maximum Gasteiger partial charge on any atom is 0.141 e. The fourth-order valence-electron chi connectivity index (χ4n) is 1.74. The third-order valence-electron chi connectivity index (χ3n) is 2.66. The molecule has 0 bridgehead atoms. The second-order valence-corrected chi connectivity index (χ2v) is 4.50. The molecule has 0 saturated carbocycles. The lowest BCUT2D eigenvalue weighted by Gasteiger charge is -2.12. The van der Waals surface area contributed by atoms with Crippen LogP contribution in [0.5, 0.6) is 0 Å². The van der Waals surface area contributed by atoms with E-state index < -0.39 is 5.82 Å². The van der Waals surface area contributed by atoms with Gasteiger partial charge in [-0.3, -0.25) is 0 Å². The molecule has 100 valence electrons. The van der Waals surface area contributed by atoms with Crippen LogP contribution >= 0.6 is 11.6 Å². The van der Waals surface area contributed by atoms with E-state index in [0.29, 0.717) is 17.3 Å². The molecule has 3 N–H and O–H groups in total. The first-order chi connectivity index (χ1) is 9.11. The van der Waals surface area contributed by atoms with E-state index in [1.807, 2.05) is 6.92 Å². The van der Waals surface area contributed by atoms with Crippen molar-refractivity contribution < 1.29 is 4.39 Å². The number of anilines is 3. The predicted molar refractivity (Wildman–Crippen MR) is 75.1 cm³/mol. The molecule has 4 nitrogen and oxygen atoms in total. The van der Waals surface area contributed by atoms with Gasteiger partial charge in [-0.25, -0.2) is 14.4 Å². The summed E-state index contributed by atoms with van der Waals surface area (Å²) < 4.78 is 13.1. The Kier molecular flexibility index (Phi) is 4.16. The Morgan fingerprint density at radius 3 is 2.84 bits per heavy atom. The SMILES string of the molecule is CCCc1c(N)ncnc1Nc1ccc(F)c(Cl)c1. The molecule has 19 heavy (non-hydrogen) atoms. The number of aromatic nitrogens is 2. The van der Waals surface area contributed by atoms with Crippen molar-refractivity contribution in [3.63, 3.8) is 0 Å². The van der Waals surface area contributed by atoms with E-state index in [0.717, 1.165) is 18.4 Å². The zero-order valence-electron chi connectivity index (χ0n) is 10.5. The maximum absolute atomic E-state index is 13.1. The van der Waals surface area contributed by atoms with E-state index in [9.17, 15) is 4.39 Å². The minimum atomic E-state index is -0.455. The number of nitrogen functional groups attached to an aromatic ring is 1. The number of hydrogen-bond acceptors (Lipinski definition) is 4. The van der Waals surface area contributed by atoms with E-state index in [-0.39, 0.29) is 5.02 Å². The molecule has 0 aliphatic carbocycles. The number of nitrogens with two attached hydrogens (primary N) is 1. The highest BCUT2D eigenvalue weighted by molar-refractivity contribution is 6.31. The largest absolute Gasteiger partial charge is 0.383 e. The molecule has 0 aliphatic rings. The average Bonchev–Trinajstić information content (AvgIpc) is 2.38. The highest BCUT2D eigenvalue weighted by Gasteiger charge is 2.09. The molecule has 0 amide bonds.